The second-order valence-electron chi connectivity index (χ2n) is 12.3. The van der Waals surface area contributed by atoms with Crippen LogP contribution >= 0.6 is 69.0 Å². The highest BCUT2D eigenvalue weighted by Gasteiger charge is 2.21. The number of nitrogens with zero attached hydrogens (tertiary/aromatic N) is 9. The molecule has 0 aliphatic carbocycles. The summed E-state index contributed by atoms with van der Waals surface area (Å²) in [6.45, 7) is 4.51. The number of carbonyl (C=O) groups is 1. The van der Waals surface area contributed by atoms with Crippen molar-refractivity contribution in [1.82, 2.24) is 60.4 Å². The zero-order valence-electron chi connectivity index (χ0n) is 29.3. The van der Waals surface area contributed by atoms with Crippen molar-refractivity contribution in [3.63, 3.8) is 0 Å². The molecule has 0 radical (unpaired) electrons. The lowest BCUT2D eigenvalue weighted by molar-refractivity contribution is 0.0946. The number of aryl methyl sites for hydroxylation is 2. The Balaban J connectivity index is 0.000000225. The molecule has 5 N–H and O–H groups in total. The Morgan fingerprint density at radius 2 is 1.57 bits per heavy atom. The molecule has 8 aromatic heterocycles. The van der Waals surface area contributed by atoms with Gasteiger partial charge in [0.1, 0.15) is 25.0 Å². The molecule has 0 fully saturated rings. The maximum atomic E-state index is 13.2. The average Bonchev–Trinajstić information content (AvgIpc) is 3.91. The summed E-state index contributed by atoms with van der Waals surface area (Å²) in [6.07, 6.45) is 8.16. The number of hydrogen-bond donors (Lipinski definition) is 4. The number of H-pyrrole nitrogens is 2. The van der Waals surface area contributed by atoms with Crippen LogP contribution in [0.5, 0.6) is 0 Å². The molecule has 8 heterocycles. The van der Waals surface area contributed by atoms with Crippen molar-refractivity contribution in [2.24, 2.45) is 0 Å². The van der Waals surface area contributed by atoms with Crippen LogP contribution in [0.4, 0.5) is 5.82 Å². The number of nitrogens with one attached hydrogen (secondary N) is 3. The molecule has 0 bridgehead atoms. The molecular weight excluding hydrogens is 935 g/mol. The van der Waals surface area contributed by atoms with E-state index in [0.717, 1.165) is 58.8 Å². The zero-order chi connectivity index (χ0) is 39.5. The monoisotopic (exact) mass is 969 g/mol. The molecule has 1 amide bonds. The Bertz CT molecular complexity index is 2870. The van der Waals surface area contributed by atoms with Crippen molar-refractivity contribution < 1.29 is 4.79 Å². The van der Waals surface area contributed by atoms with E-state index in [1.807, 2.05) is 50.2 Å². The van der Waals surface area contributed by atoms with E-state index in [0.29, 0.717) is 38.6 Å². The Hall–Kier alpha value is -5.20. The number of nitrogens with two attached hydrogens (primary N) is 1. The van der Waals surface area contributed by atoms with Crippen LogP contribution in [-0.2, 0) is 13.1 Å². The molecule has 9 aromatic rings. The number of benzene rings is 1. The molecule has 0 aliphatic rings. The van der Waals surface area contributed by atoms with Crippen molar-refractivity contribution in [1.29, 1.82) is 0 Å². The highest BCUT2D eigenvalue weighted by atomic mass is 127. The summed E-state index contributed by atoms with van der Waals surface area (Å²) in [6, 6.07) is 15.0. The van der Waals surface area contributed by atoms with Crippen LogP contribution in [-0.4, -0.2) is 61.0 Å². The van der Waals surface area contributed by atoms with Gasteiger partial charge in [0.2, 0.25) is 0 Å². The Labute approximate surface area is 366 Å². The van der Waals surface area contributed by atoms with Crippen LogP contribution in [0, 0.1) is 17.5 Å². The van der Waals surface area contributed by atoms with Gasteiger partial charge in [-0.05, 0) is 95.6 Å². The standard InChI is InChI=1S/C25H21Cl2N7O.C6H3ClIN3.C6H4ClN3.2CH4/c1-13-7-21(28)32-14(2)18(13)11-31-25(35)23-22-20(5-6-29-24(22)27)34(33-23)12-15-3-4-19-16(8-15)9-17(26)10-30-19;7-5-4-3(1-2-9-5)10-11-6(4)8;7-6-4-3-9-10-5(4)1-2-8-6;;/h3-10H,11-12H2,1-2H3,(H2,28,32)(H,31,35);1-2H,(H,10,11);1-3H,(H,9,10);2*1H4. The molecule has 1 aromatic carbocycles. The average molecular weight is 972 g/mol. The van der Waals surface area contributed by atoms with Gasteiger partial charge in [0.25, 0.3) is 5.91 Å². The van der Waals surface area contributed by atoms with Crippen LogP contribution in [0.2, 0.25) is 20.5 Å². The lowest BCUT2D eigenvalue weighted by Crippen LogP contribution is -2.25. The second kappa shape index (κ2) is 19.0. The van der Waals surface area contributed by atoms with Gasteiger partial charge in [0, 0.05) is 42.4 Å². The summed E-state index contributed by atoms with van der Waals surface area (Å²) in [5.41, 5.74) is 13.0. The number of hydrogen-bond acceptors (Lipinski definition) is 10. The summed E-state index contributed by atoms with van der Waals surface area (Å²) < 4.78 is 2.67. The van der Waals surface area contributed by atoms with Crippen LogP contribution in [0.1, 0.15) is 47.7 Å². The van der Waals surface area contributed by atoms with Crippen molar-refractivity contribution in [2.45, 2.75) is 41.8 Å². The van der Waals surface area contributed by atoms with Crippen LogP contribution in [0.3, 0.4) is 0 Å². The molecule has 0 saturated heterocycles. The molecule has 19 heteroatoms. The van der Waals surface area contributed by atoms with E-state index in [1.54, 1.807) is 47.8 Å². The van der Waals surface area contributed by atoms with Gasteiger partial charge in [-0.1, -0.05) is 67.3 Å². The van der Waals surface area contributed by atoms with Crippen molar-refractivity contribution in [3.8, 4) is 0 Å². The minimum atomic E-state index is -0.353. The van der Waals surface area contributed by atoms with Gasteiger partial charge < -0.3 is 11.1 Å². The normalized spacial score (nSPS) is 10.7. The number of fused-ring (bicyclic) bond motifs is 4. The molecule has 0 atom stereocenters. The van der Waals surface area contributed by atoms with Gasteiger partial charge in [-0.2, -0.15) is 15.3 Å². The largest absolute Gasteiger partial charge is 0.384 e. The first-order valence-electron chi connectivity index (χ1n) is 16.6. The SMILES string of the molecule is C.C.Cc1cc(N)nc(C)c1CNC(=O)c1nn(Cc2ccc3ncc(Cl)cc3c2)c2ccnc(Cl)c12.Clc1nccc2[nH]ncc12.Clc1nccc2n[nH]c(I)c12. The van der Waals surface area contributed by atoms with Crippen LogP contribution < -0.4 is 11.1 Å². The van der Waals surface area contributed by atoms with E-state index in [9.17, 15) is 4.79 Å². The van der Waals surface area contributed by atoms with Crippen LogP contribution in [0.25, 0.3) is 43.6 Å². The summed E-state index contributed by atoms with van der Waals surface area (Å²) in [5, 5.41) is 26.0. The number of nitrogen functional groups attached to an aromatic ring is 1. The van der Waals surface area contributed by atoms with Crippen molar-refractivity contribution in [3.05, 3.63) is 132 Å². The fraction of sp³-hybridized carbons (Fsp3) is 0.154. The third-order valence-corrected chi connectivity index (χ3v) is 10.4. The Morgan fingerprint density at radius 1 is 0.845 bits per heavy atom. The highest BCUT2D eigenvalue weighted by molar-refractivity contribution is 14.1. The van der Waals surface area contributed by atoms with E-state index in [4.69, 9.17) is 52.1 Å². The minimum Gasteiger partial charge on any atom is -0.384 e. The van der Waals surface area contributed by atoms with Crippen molar-refractivity contribution >= 4 is 124 Å². The van der Waals surface area contributed by atoms with Gasteiger partial charge in [-0.3, -0.25) is 24.7 Å². The van der Waals surface area contributed by atoms with Crippen LogP contribution in [0.15, 0.2) is 79.5 Å². The molecular formula is C39H36Cl4IN13O. The van der Waals surface area contributed by atoms with E-state index in [2.05, 4.69) is 78.3 Å². The third kappa shape index (κ3) is 9.56. The first kappa shape index (κ1) is 43.9. The fourth-order valence-corrected chi connectivity index (χ4v) is 7.60. The lowest BCUT2D eigenvalue weighted by atomic mass is 10.1. The number of halogens is 5. The quantitative estimate of drug-likeness (QED) is 0.0952. The number of aromatic amines is 2. The zero-order valence-corrected chi connectivity index (χ0v) is 34.5. The number of amides is 1. The summed E-state index contributed by atoms with van der Waals surface area (Å²) in [7, 11) is 0. The first-order chi connectivity index (χ1) is 27.0. The van der Waals surface area contributed by atoms with Crippen molar-refractivity contribution in [2.75, 3.05) is 5.73 Å². The molecule has 0 saturated carbocycles. The molecule has 0 spiro atoms. The fourth-order valence-electron chi connectivity index (χ4n) is 5.92. The number of anilines is 1. The molecule has 58 heavy (non-hydrogen) atoms. The third-order valence-electron chi connectivity index (χ3n) is 8.57. The molecule has 0 aliphatic heterocycles. The summed E-state index contributed by atoms with van der Waals surface area (Å²) in [4.78, 5) is 33.8. The summed E-state index contributed by atoms with van der Waals surface area (Å²) in [5.74, 6) is 0.0955. The number of pyridine rings is 5. The lowest BCUT2D eigenvalue weighted by Gasteiger charge is -2.11. The highest BCUT2D eigenvalue weighted by Crippen LogP contribution is 2.27. The maximum absolute atomic E-state index is 13.2. The first-order valence-corrected chi connectivity index (χ1v) is 19.2. The van der Waals surface area contributed by atoms with E-state index in [-0.39, 0.29) is 38.2 Å². The maximum Gasteiger partial charge on any atom is 0.272 e. The predicted octanol–water partition coefficient (Wildman–Crippen LogP) is 9.96. The molecule has 0 unspecified atom stereocenters. The second-order valence-corrected chi connectivity index (χ2v) is 14.8. The summed E-state index contributed by atoms with van der Waals surface area (Å²) >= 11 is 26.2. The van der Waals surface area contributed by atoms with Gasteiger partial charge in [0.05, 0.1) is 56.0 Å². The van der Waals surface area contributed by atoms with E-state index < -0.39 is 0 Å². The molecule has 9 rings (SSSR count). The van der Waals surface area contributed by atoms with E-state index >= 15 is 0 Å². The van der Waals surface area contributed by atoms with E-state index in [1.165, 1.54) is 0 Å². The number of rotatable bonds is 5. The number of aromatic nitrogens is 11. The minimum absolute atomic E-state index is 0. The smallest absolute Gasteiger partial charge is 0.272 e. The molecule has 298 valence electrons. The van der Waals surface area contributed by atoms with Gasteiger partial charge >= 0.3 is 0 Å². The van der Waals surface area contributed by atoms with Gasteiger partial charge in [-0.25, -0.2) is 19.9 Å². The number of carbonyl (C=O) groups excluding carboxylic acids is 1. The van der Waals surface area contributed by atoms with Gasteiger partial charge in [0.15, 0.2) is 5.69 Å². The topological polar surface area (TPSA) is 195 Å². The Kier molecular flexibility index (Phi) is 14.4. The van der Waals surface area contributed by atoms with Gasteiger partial charge in [-0.15, -0.1) is 0 Å². The predicted molar refractivity (Wildman–Crippen MR) is 242 cm³/mol. The Morgan fingerprint density at radius 3 is 2.31 bits per heavy atom. The molecule has 14 nitrogen and oxygen atoms in total.